The molecule has 3 rings (SSSR count). The fraction of sp³-hybridized carbons (Fsp3) is 0.111. The normalized spacial score (nSPS) is 15.0. The summed E-state index contributed by atoms with van der Waals surface area (Å²) in [6.45, 7) is 0.0164. The van der Waals surface area contributed by atoms with Crippen LogP contribution in [0.5, 0.6) is 0 Å². The number of amides is 2. The van der Waals surface area contributed by atoms with Gasteiger partial charge in [0.2, 0.25) is 0 Å². The molecule has 0 fully saturated rings. The number of rotatable bonds is 4. The predicted molar refractivity (Wildman–Crippen MR) is 89.9 cm³/mol. The Bertz CT molecular complexity index is 895. The third-order valence-corrected chi connectivity index (χ3v) is 4.10. The van der Waals surface area contributed by atoms with Crippen molar-refractivity contribution < 1.29 is 22.8 Å². The van der Waals surface area contributed by atoms with Crippen LogP contribution in [0.15, 0.2) is 65.3 Å². The molecule has 0 bridgehead atoms. The van der Waals surface area contributed by atoms with Crippen LogP contribution in [0.4, 0.5) is 18.9 Å². The minimum atomic E-state index is -4.52. The molecule has 1 heterocycles. The summed E-state index contributed by atoms with van der Waals surface area (Å²) in [7, 11) is 0. The van der Waals surface area contributed by atoms with Crippen molar-refractivity contribution in [2.75, 3.05) is 5.32 Å². The highest BCUT2D eigenvalue weighted by atomic mass is 35.5. The van der Waals surface area contributed by atoms with E-state index in [9.17, 15) is 22.8 Å². The van der Waals surface area contributed by atoms with E-state index in [0.717, 1.165) is 22.6 Å². The van der Waals surface area contributed by atoms with Gasteiger partial charge in [-0.3, -0.25) is 14.5 Å². The Morgan fingerprint density at radius 2 is 1.65 bits per heavy atom. The molecule has 2 amide bonds. The van der Waals surface area contributed by atoms with Gasteiger partial charge in [0.05, 0.1) is 12.1 Å². The monoisotopic (exact) mass is 380 g/mol. The number of imide groups is 1. The van der Waals surface area contributed by atoms with E-state index >= 15 is 0 Å². The molecular weight excluding hydrogens is 369 g/mol. The van der Waals surface area contributed by atoms with Crippen LogP contribution in [0.1, 0.15) is 11.1 Å². The van der Waals surface area contributed by atoms with E-state index in [1.54, 1.807) is 30.3 Å². The molecular formula is C18H12ClF3N2O2. The molecule has 2 aromatic rings. The lowest BCUT2D eigenvalue weighted by atomic mass is 10.2. The fourth-order valence-corrected chi connectivity index (χ4v) is 2.71. The van der Waals surface area contributed by atoms with Gasteiger partial charge in [0.15, 0.2) is 0 Å². The zero-order valence-corrected chi connectivity index (χ0v) is 13.9. The summed E-state index contributed by atoms with van der Waals surface area (Å²) < 4.78 is 38.4. The molecule has 0 saturated carbocycles. The summed E-state index contributed by atoms with van der Waals surface area (Å²) in [6, 6.07) is 13.1. The van der Waals surface area contributed by atoms with E-state index < -0.39 is 23.6 Å². The van der Waals surface area contributed by atoms with Gasteiger partial charge in [-0.1, -0.05) is 48.0 Å². The highest BCUT2D eigenvalue weighted by Crippen LogP contribution is 2.32. The zero-order chi connectivity index (χ0) is 18.9. The summed E-state index contributed by atoms with van der Waals surface area (Å²) >= 11 is 5.95. The minimum absolute atomic E-state index is 0.00989. The first-order chi connectivity index (χ1) is 12.3. The second kappa shape index (κ2) is 6.84. The van der Waals surface area contributed by atoms with E-state index in [1.807, 2.05) is 0 Å². The number of alkyl halides is 3. The average molecular weight is 381 g/mol. The molecule has 0 saturated heterocycles. The maximum absolute atomic E-state index is 12.8. The van der Waals surface area contributed by atoms with Gasteiger partial charge in [-0.05, 0) is 23.8 Å². The summed E-state index contributed by atoms with van der Waals surface area (Å²) in [4.78, 5) is 25.7. The van der Waals surface area contributed by atoms with Crippen molar-refractivity contribution >= 4 is 29.1 Å². The van der Waals surface area contributed by atoms with Gasteiger partial charge < -0.3 is 5.32 Å². The van der Waals surface area contributed by atoms with Crippen molar-refractivity contribution in [2.24, 2.45) is 0 Å². The Kier molecular flexibility index (Phi) is 4.73. The van der Waals surface area contributed by atoms with Crippen LogP contribution >= 0.6 is 11.6 Å². The Balaban J connectivity index is 1.82. The molecule has 0 atom stereocenters. The molecule has 4 nitrogen and oxygen atoms in total. The van der Waals surface area contributed by atoms with Crippen LogP contribution in [0.25, 0.3) is 0 Å². The molecule has 2 aromatic carbocycles. The Morgan fingerprint density at radius 1 is 0.962 bits per heavy atom. The SMILES string of the molecule is O=C1C(Cl)=C(Nc2cccc(C(F)(F)F)c2)C(=O)N1Cc1ccccc1. The first-order valence-corrected chi connectivity index (χ1v) is 7.89. The van der Waals surface area contributed by atoms with Crippen molar-refractivity contribution in [3.8, 4) is 0 Å². The number of anilines is 1. The van der Waals surface area contributed by atoms with Crippen LogP contribution in [0.2, 0.25) is 0 Å². The highest BCUT2D eigenvalue weighted by Gasteiger charge is 2.38. The lowest BCUT2D eigenvalue weighted by molar-refractivity contribution is -0.138. The van der Waals surface area contributed by atoms with Crippen molar-refractivity contribution in [3.63, 3.8) is 0 Å². The van der Waals surface area contributed by atoms with Crippen molar-refractivity contribution in [1.29, 1.82) is 0 Å². The molecule has 0 spiro atoms. The molecule has 134 valence electrons. The number of carbonyl (C=O) groups is 2. The Morgan fingerprint density at radius 3 is 2.31 bits per heavy atom. The van der Waals surface area contributed by atoms with E-state index in [0.29, 0.717) is 0 Å². The van der Waals surface area contributed by atoms with Gasteiger partial charge in [0.1, 0.15) is 10.7 Å². The molecule has 0 aromatic heterocycles. The van der Waals surface area contributed by atoms with E-state index in [-0.39, 0.29) is 23.0 Å². The van der Waals surface area contributed by atoms with Crippen molar-refractivity contribution in [3.05, 3.63) is 76.5 Å². The second-order valence-corrected chi connectivity index (χ2v) is 5.95. The topological polar surface area (TPSA) is 49.4 Å². The fourth-order valence-electron chi connectivity index (χ4n) is 2.48. The van der Waals surface area contributed by atoms with Gasteiger partial charge in [-0.25, -0.2) is 0 Å². The maximum Gasteiger partial charge on any atom is 0.416 e. The van der Waals surface area contributed by atoms with Gasteiger partial charge in [-0.2, -0.15) is 13.2 Å². The van der Waals surface area contributed by atoms with Crippen LogP contribution in [0.3, 0.4) is 0 Å². The average Bonchev–Trinajstić information content (AvgIpc) is 2.80. The van der Waals surface area contributed by atoms with Gasteiger partial charge in [0.25, 0.3) is 11.8 Å². The summed E-state index contributed by atoms with van der Waals surface area (Å²) in [6.07, 6.45) is -4.52. The van der Waals surface area contributed by atoms with Crippen LogP contribution in [0, 0.1) is 0 Å². The van der Waals surface area contributed by atoms with Gasteiger partial charge in [-0.15, -0.1) is 0 Å². The number of nitrogens with zero attached hydrogens (tertiary/aromatic N) is 1. The predicted octanol–water partition coefficient (Wildman–Crippen LogP) is 4.14. The number of hydrogen-bond acceptors (Lipinski definition) is 3. The molecule has 26 heavy (non-hydrogen) atoms. The molecule has 0 radical (unpaired) electrons. The third-order valence-electron chi connectivity index (χ3n) is 3.75. The Labute approximate surface area is 151 Å². The first kappa shape index (κ1) is 18.0. The van der Waals surface area contributed by atoms with Crippen molar-refractivity contribution in [1.82, 2.24) is 4.90 Å². The third kappa shape index (κ3) is 3.57. The zero-order valence-electron chi connectivity index (χ0n) is 13.2. The number of hydrogen-bond donors (Lipinski definition) is 1. The van der Waals surface area contributed by atoms with Crippen LogP contribution in [-0.2, 0) is 22.3 Å². The summed E-state index contributed by atoms with van der Waals surface area (Å²) in [5.74, 6) is -1.39. The van der Waals surface area contributed by atoms with Crippen LogP contribution in [-0.4, -0.2) is 16.7 Å². The van der Waals surface area contributed by atoms with Gasteiger partial charge in [0, 0.05) is 5.69 Å². The molecule has 8 heteroatoms. The van der Waals surface area contributed by atoms with E-state index in [1.165, 1.54) is 12.1 Å². The number of benzene rings is 2. The summed E-state index contributed by atoms with van der Waals surface area (Å²) in [5.41, 5.74) is -0.390. The smallest absolute Gasteiger partial charge is 0.350 e. The Hall–Kier alpha value is -2.80. The quantitative estimate of drug-likeness (QED) is 0.811. The lowest BCUT2D eigenvalue weighted by Crippen LogP contribution is -2.31. The molecule has 1 N–H and O–H groups in total. The van der Waals surface area contributed by atoms with Gasteiger partial charge >= 0.3 is 6.18 Å². The lowest BCUT2D eigenvalue weighted by Gasteiger charge is -2.15. The molecule has 1 aliphatic heterocycles. The molecule has 0 aliphatic carbocycles. The first-order valence-electron chi connectivity index (χ1n) is 7.51. The minimum Gasteiger partial charge on any atom is -0.350 e. The number of halogens is 4. The number of carbonyl (C=O) groups excluding carboxylic acids is 2. The summed E-state index contributed by atoms with van der Waals surface area (Å²) in [5, 5.41) is 2.18. The second-order valence-electron chi connectivity index (χ2n) is 5.57. The van der Waals surface area contributed by atoms with E-state index in [4.69, 9.17) is 11.6 Å². The maximum atomic E-state index is 12.8. The van der Waals surface area contributed by atoms with E-state index in [2.05, 4.69) is 5.32 Å². The standard InChI is InChI=1S/C18H12ClF3N2O2/c19-14-15(23-13-8-4-7-12(9-13)18(20,21)22)17(26)24(16(14)25)10-11-5-2-1-3-6-11/h1-9,23H,10H2. The molecule has 0 unspecified atom stereocenters. The highest BCUT2D eigenvalue weighted by molar-refractivity contribution is 6.48. The molecule has 1 aliphatic rings. The van der Waals surface area contributed by atoms with Crippen molar-refractivity contribution in [2.45, 2.75) is 12.7 Å². The van der Waals surface area contributed by atoms with Crippen LogP contribution < -0.4 is 5.32 Å². The largest absolute Gasteiger partial charge is 0.416 e. The number of nitrogens with one attached hydrogen (secondary N) is 1.